The van der Waals surface area contributed by atoms with Gasteiger partial charge in [0, 0.05) is 37.4 Å². The molecule has 4 fully saturated rings. The molecule has 30 heavy (non-hydrogen) atoms. The summed E-state index contributed by atoms with van der Waals surface area (Å²) in [6, 6.07) is 0.497. The van der Waals surface area contributed by atoms with Crippen molar-refractivity contribution < 1.29 is 23.5 Å². The van der Waals surface area contributed by atoms with Gasteiger partial charge in [-0.2, -0.15) is 5.48 Å². The Morgan fingerprint density at radius 3 is 2.50 bits per heavy atom. The summed E-state index contributed by atoms with van der Waals surface area (Å²) in [4.78, 5) is 10.0. The van der Waals surface area contributed by atoms with Crippen molar-refractivity contribution in [1.29, 1.82) is 0 Å². The molecule has 174 valence electrons. The molecule has 3 aliphatic heterocycles. The number of piperidine rings is 1. The zero-order valence-corrected chi connectivity index (χ0v) is 19.8. The monoisotopic (exact) mass is 445 g/mol. The minimum absolute atomic E-state index is 0.0893. The molecule has 6 atom stereocenters. The summed E-state index contributed by atoms with van der Waals surface area (Å²) in [7, 11) is 1.45. The van der Waals surface area contributed by atoms with Gasteiger partial charge in [-0.05, 0) is 46.2 Å². The summed E-state index contributed by atoms with van der Waals surface area (Å²) < 4.78 is 23.7. The van der Waals surface area contributed by atoms with E-state index >= 15 is 0 Å². The van der Waals surface area contributed by atoms with Gasteiger partial charge >= 0.3 is 0 Å². The van der Waals surface area contributed by atoms with Crippen LogP contribution in [0.25, 0.3) is 0 Å². The van der Waals surface area contributed by atoms with Gasteiger partial charge in [0.05, 0.1) is 31.0 Å². The van der Waals surface area contributed by atoms with Crippen molar-refractivity contribution in [1.82, 2.24) is 15.7 Å². The number of hydrogen-bond donors (Lipinski definition) is 4. The van der Waals surface area contributed by atoms with Crippen LogP contribution in [0.15, 0.2) is 0 Å². The van der Waals surface area contributed by atoms with Gasteiger partial charge in [-0.3, -0.25) is 15.1 Å². The number of nitrogens with one attached hydrogen (secondary N) is 3. The van der Waals surface area contributed by atoms with Crippen LogP contribution in [-0.2, 0) is 14.7 Å². The van der Waals surface area contributed by atoms with E-state index in [2.05, 4.69) is 35.1 Å². The van der Waals surface area contributed by atoms with Gasteiger partial charge in [0.25, 0.3) is 0 Å². The third-order valence-corrected chi connectivity index (χ3v) is 9.88. The highest BCUT2D eigenvalue weighted by Gasteiger charge is 2.44. The van der Waals surface area contributed by atoms with E-state index in [1.165, 1.54) is 38.5 Å². The maximum Gasteiger partial charge on any atom is 0.183 e. The molecule has 3 heterocycles. The minimum atomic E-state index is -2.88. The summed E-state index contributed by atoms with van der Waals surface area (Å²) >= 11 is 0. The molecule has 4 aliphatic rings. The first-order valence-electron chi connectivity index (χ1n) is 12.0. The number of nitrogens with two attached hydrogens (primary N) is 1. The van der Waals surface area contributed by atoms with Crippen molar-refractivity contribution in [2.75, 3.05) is 40.0 Å². The molecular weight excluding hydrogens is 402 g/mol. The largest absolute Gasteiger partial charge is 0.331 e. The van der Waals surface area contributed by atoms with Crippen molar-refractivity contribution >= 4 is 9.84 Å². The lowest BCUT2D eigenvalue weighted by molar-refractivity contribution is -0.919. The summed E-state index contributed by atoms with van der Waals surface area (Å²) in [5, 5.41) is 6.13. The van der Waals surface area contributed by atoms with Crippen LogP contribution in [0.4, 0.5) is 0 Å². The van der Waals surface area contributed by atoms with Crippen LogP contribution in [0, 0.1) is 11.8 Å². The zero-order valence-electron chi connectivity index (χ0n) is 19.0. The molecule has 0 spiro atoms. The zero-order chi connectivity index (χ0) is 21.3. The van der Waals surface area contributed by atoms with E-state index in [-0.39, 0.29) is 17.6 Å². The Morgan fingerprint density at radius 1 is 1.10 bits per heavy atom. The fraction of sp³-hybridized carbons (Fsp3) is 1.00. The van der Waals surface area contributed by atoms with Crippen LogP contribution < -0.4 is 21.0 Å². The standard InChI is InChI=1S/C21H41N5O3S/c1-25(2)19-11-8-16(13-22-19)20-23-21(29-24-20)18-5-4-12-26(18)14-15-6-9-17(10-7-15)30(3,27)28/h15-24H,4-14H2,1-3H3/p+2/t15?,16?,17?,18-,19?,20?,21?/m1/s1. The lowest BCUT2D eigenvalue weighted by atomic mass is 9.88. The molecule has 0 aromatic carbocycles. The SMILES string of the molecule is CN(C)C1CCC(C2NOC([C@H]3CCC[NH+]3CC3CCC(S(C)(=O)=O)CC3)N2)C[NH2+]1. The molecule has 8 nitrogen and oxygen atoms in total. The Balaban J connectivity index is 1.25. The molecule has 5 N–H and O–H groups in total. The van der Waals surface area contributed by atoms with Crippen LogP contribution in [-0.4, -0.2) is 83.2 Å². The molecule has 4 rings (SSSR count). The van der Waals surface area contributed by atoms with E-state index in [1.54, 1.807) is 4.90 Å². The molecular formula is C21H43N5O3S+2. The number of hydroxylamine groups is 1. The predicted octanol–water partition coefficient (Wildman–Crippen LogP) is -1.73. The van der Waals surface area contributed by atoms with Crippen LogP contribution in [0.5, 0.6) is 0 Å². The molecule has 0 bridgehead atoms. The minimum Gasteiger partial charge on any atom is -0.331 e. The summed E-state index contributed by atoms with van der Waals surface area (Å²) in [5.41, 5.74) is 3.32. The number of likely N-dealkylation sites (tertiary alicyclic amines) is 1. The van der Waals surface area contributed by atoms with Crippen molar-refractivity contribution in [3.63, 3.8) is 0 Å². The Labute approximate surface area is 182 Å². The van der Waals surface area contributed by atoms with Gasteiger partial charge in [-0.25, -0.2) is 8.42 Å². The number of hydrogen-bond acceptors (Lipinski definition) is 6. The average molecular weight is 446 g/mol. The molecule has 0 amide bonds. The van der Waals surface area contributed by atoms with Gasteiger partial charge in [0.2, 0.25) is 0 Å². The van der Waals surface area contributed by atoms with Gasteiger partial charge in [0.15, 0.2) is 6.23 Å². The van der Waals surface area contributed by atoms with E-state index in [4.69, 9.17) is 4.84 Å². The molecule has 9 heteroatoms. The third-order valence-electron chi connectivity index (χ3n) is 8.20. The van der Waals surface area contributed by atoms with Crippen molar-refractivity contribution in [2.24, 2.45) is 11.8 Å². The number of quaternary nitrogens is 2. The van der Waals surface area contributed by atoms with Crippen LogP contribution in [0.3, 0.4) is 0 Å². The van der Waals surface area contributed by atoms with E-state index in [0.29, 0.717) is 24.0 Å². The highest BCUT2D eigenvalue weighted by atomic mass is 32.2. The molecule has 0 radical (unpaired) electrons. The van der Waals surface area contributed by atoms with E-state index in [0.717, 1.165) is 38.8 Å². The summed E-state index contributed by atoms with van der Waals surface area (Å²) in [6.45, 7) is 3.51. The second kappa shape index (κ2) is 9.68. The maximum absolute atomic E-state index is 11.8. The quantitative estimate of drug-likeness (QED) is 0.389. The molecule has 3 saturated heterocycles. The van der Waals surface area contributed by atoms with Gasteiger partial charge in [-0.15, -0.1) is 0 Å². The second-order valence-corrected chi connectivity index (χ2v) is 12.8. The Morgan fingerprint density at radius 2 is 1.87 bits per heavy atom. The Kier molecular flexibility index (Phi) is 7.39. The molecule has 1 aliphatic carbocycles. The van der Waals surface area contributed by atoms with Gasteiger partial charge in [-0.1, -0.05) is 0 Å². The average Bonchev–Trinajstić information content (AvgIpc) is 3.37. The van der Waals surface area contributed by atoms with E-state index in [1.807, 2.05) is 0 Å². The highest BCUT2D eigenvalue weighted by molar-refractivity contribution is 7.91. The fourth-order valence-corrected chi connectivity index (χ4v) is 7.37. The smallest absolute Gasteiger partial charge is 0.183 e. The Hall–Kier alpha value is -0.290. The van der Waals surface area contributed by atoms with Crippen LogP contribution >= 0.6 is 0 Å². The number of sulfone groups is 1. The summed E-state index contributed by atoms with van der Waals surface area (Å²) in [5.74, 6) is 1.25. The molecule has 5 unspecified atom stereocenters. The number of nitrogens with zero attached hydrogens (tertiary/aromatic N) is 1. The normalized spacial score (nSPS) is 43.3. The topological polar surface area (TPSA) is 91.7 Å². The van der Waals surface area contributed by atoms with Gasteiger partial charge < -0.3 is 10.2 Å². The van der Waals surface area contributed by atoms with Crippen molar-refractivity contribution in [3.8, 4) is 0 Å². The van der Waals surface area contributed by atoms with E-state index in [9.17, 15) is 8.42 Å². The molecule has 0 aromatic heterocycles. The Bertz CT molecular complexity index is 660. The predicted molar refractivity (Wildman–Crippen MR) is 116 cm³/mol. The summed E-state index contributed by atoms with van der Waals surface area (Å²) in [6.07, 6.45) is 11.1. The fourth-order valence-electron chi connectivity index (χ4n) is 6.24. The first kappa shape index (κ1) is 22.9. The van der Waals surface area contributed by atoms with Crippen LogP contribution in [0.1, 0.15) is 51.4 Å². The van der Waals surface area contributed by atoms with Crippen molar-refractivity contribution in [2.45, 2.75) is 81.2 Å². The second-order valence-electron chi connectivity index (χ2n) is 10.5. The van der Waals surface area contributed by atoms with E-state index < -0.39 is 9.84 Å². The first-order valence-corrected chi connectivity index (χ1v) is 14.0. The lowest BCUT2D eigenvalue weighted by Crippen LogP contribution is -3.15. The molecule has 1 saturated carbocycles. The van der Waals surface area contributed by atoms with Crippen molar-refractivity contribution in [3.05, 3.63) is 0 Å². The van der Waals surface area contributed by atoms with Gasteiger partial charge in [0.1, 0.15) is 22.0 Å². The first-order chi connectivity index (χ1) is 14.3. The maximum atomic E-state index is 11.8. The highest BCUT2D eigenvalue weighted by Crippen LogP contribution is 2.28. The molecule has 0 aromatic rings. The van der Waals surface area contributed by atoms with Crippen LogP contribution in [0.2, 0.25) is 0 Å². The lowest BCUT2D eigenvalue weighted by Gasteiger charge is -2.33. The third kappa shape index (κ3) is 5.36. The number of rotatable bonds is 6.